The van der Waals surface area contributed by atoms with E-state index in [0.717, 1.165) is 6.42 Å². The Morgan fingerprint density at radius 1 is 1.00 bits per heavy atom. The Kier molecular flexibility index (Phi) is 12.8. The van der Waals surface area contributed by atoms with Crippen LogP contribution in [0.15, 0.2) is 12.2 Å². The number of aliphatic hydroxyl groups excluding tert-OH is 2. The Morgan fingerprint density at radius 2 is 1.56 bits per heavy atom. The topological polar surface area (TPSA) is 66.5 Å². The van der Waals surface area contributed by atoms with Gasteiger partial charge in [-0.15, -0.1) is 0 Å². The summed E-state index contributed by atoms with van der Waals surface area (Å²) in [6.45, 7) is 2.06. The number of nitrogens with two attached hydrogens (primary N) is 1. The first-order chi connectivity index (χ1) is 8.72. The number of unbranched alkanes of at least 4 members (excludes halogenated alkanes) is 8. The summed E-state index contributed by atoms with van der Waals surface area (Å²) in [5.41, 5.74) is 5.49. The van der Waals surface area contributed by atoms with E-state index in [1.54, 1.807) is 6.08 Å². The minimum absolute atomic E-state index is 0.177. The largest absolute Gasteiger partial charge is 0.395 e. The quantitative estimate of drug-likeness (QED) is 0.372. The van der Waals surface area contributed by atoms with E-state index >= 15 is 0 Å². The molecule has 0 heterocycles. The van der Waals surface area contributed by atoms with Crippen LogP contribution in [0.1, 0.15) is 64.7 Å². The van der Waals surface area contributed by atoms with Crippen LogP contribution < -0.4 is 5.73 Å². The molecule has 0 bridgehead atoms. The second-order valence-electron chi connectivity index (χ2n) is 5.03. The lowest BCUT2D eigenvalue weighted by Gasteiger charge is -2.11. The van der Waals surface area contributed by atoms with Crippen molar-refractivity contribution in [2.75, 3.05) is 6.61 Å². The fourth-order valence-electron chi connectivity index (χ4n) is 1.88. The van der Waals surface area contributed by atoms with E-state index in [4.69, 9.17) is 10.8 Å². The molecule has 0 saturated heterocycles. The molecule has 0 aromatic heterocycles. The van der Waals surface area contributed by atoms with Gasteiger partial charge in [-0.1, -0.05) is 64.0 Å². The molecule has 0 fully saturated rings. The van der Waals surface area contributed by atoms with E-state index in [-0.39, 0.29) is 6.61 Å². The van der Waals surface area contributed by atoms with E-state index < -0.39 is 12.1 Å². The summed E-state index contributed by atoms with van der Waals surface area (Å²) in [6.07, 6.45) is 14.5. The first-order valence-electron chi connectivity index (χ1n) is 7.43. The van der Waals surface area contributed by atoms with Crippen LogP contribution in [-0.4, -0.2) is 29.0 Å². The molecule has 0 aliphatic rings. The van der Waals surface area contributed by atoms with Gasteiger partial charge in [0.15, 0.2) is 0 Å². The molecule has 2 atom stereocenters. The molecule has 0 rings (SSSR count). The van der Waals surface area contributed by atoms with Gasteiger partial charge in [0.2, 0.25) is 0 Å². The maximum absolute atomic E-state index is 9.47. The van der Waals surface area contributed by atoms with Gasteiger partial charge >= 0.3 is 0 Å². The zero-order valence-corrected chi connectivity index (χ0v) is 11.9. The molecule has 3 heteroatoms. The van der Waals surface area contributed by atoms with Gasteiger partial charge in [-0.05, 0) is 12.8 Å². The maximum Gasteiger partial charge on any atom is 0.0894 e. The molecule has 0 spiro atoms. The van der Waals surface area contributed by atoms with Crippen molar-refractivity contribution < 1.29 is 10.2 Å². The molecule has 1 unspecified atom stereocenters. The highest BCUT2D eigenvalue weighted by molar-refractivity contribution is 4.93. The summed E-state index contributed by atoms with van der Waals surface area (Å²) >= 11 is 0. The molecule has 0 amide bonds. The third kappa shape index (κ3) is 10.8. The lowest BCUT2D eigenvalue weighted by Crippen LogP contribution is -2.36. The van der Waals surface area contributed by atoms with Crippen LogP contribution >= 0.6 is 0 Å². The van der Waals surface area contributed by atoms with Crippen molar-refractivity contribution in [1.29, 1.82) is 0 Å². The second kappa shape index (κ2) is 13.1. The molecule has 4 N–H and O–H groups in total. The molecule has 0 radical (unpaired) electrons. The summed E-state index contributed by atoms with van der Waals surface area (Å²) in [5.74, 6) is 0. The SMILES string of the molecule is CCCCCCCCCCC=CC(O)[C@@H](N)CO. The molecule has 0 saturated carbocycles. The van der Waals surface area contributed by atoms with Crippen molar-refractivity contribution in [3.63, 3.8) is 0 Å². The minimum Gasteiger partial charge on any atom is -0.395 e. The fourth-order valence-corrected chi connectivity index (χ4v) is 1.88. The van der Waals surface area contributed by atoms with Crippen molar-refractivity contribution in [3.05, 3.63) is 12.2 Å². The van der Waals surface area contributed by atoms with E-state index in [1.807, 2.05) is 6.08 Å². The van der Waals surface area contributed by atoms with Crippen LogP contribution in [-0.2, 0) is 0 Å². The van der Waals surface area contributed by atoms with Gasteiger partial charge in [-0.25, -0.2) is 0 Å². The molecule has 3 nitrogen and oxygen atoms in total. The predicted molar refractivity (Wildman–Crippen MR) is 77.4 cm³/mol. The molecular formula is C15H31NO2. The Morgan fingerprint density at radius 3 is 2.11 bits per heavy atom. The molecule has 0 aliphatic carbocycles. The lowest BCUT2D eigenvalue weighted by atomic mass is 10.1. The van der Waals surface area contributed by atoms with E-state index in [0.29, 0.717) is 0 Å². The smallest absolute Gasteiger partial charge is 0.0894 e. The van der Waals surface area contributed by atoms with Gasteiger partial charge in [0.1, 0.15) is 0 Å². The average molecular weight is 257 g/mol. The van der Waals surface area contributed by atoms with Gasteiger partial charge < -0.3 is 15.9 Å². The maximum atomic E-state index is 9.47. The van der Waals surface area contributed by atoms with Crippen molar-refractivity contribution in [1.82, 2.24) is 0 Å². The molecule has 108 valence electrons. The third-order valence-electron chi connectivity index (χ3n) is 3.21. The van der Waals surface area contributed by atoms with Gasteiger partial charge in [0, 0.05) is 0 Å². The van der Waals surface area contributed by atoms with Gasteiger partial charge in [0.25, 0.3) is 0 Å². The molecule has 0 aromatic carbocycles. The Bertz CT molecular complexity index is 195. The zero-order chi connectivity index (χ0) is 13.6. The second-order valence-corrected chi connectivity index (χ2v) is 5.03. The monoisotopic (exact) mass is 257 g/mol. The first kappa shape index (κ1) is 17.6. The van der Waals surface area contributed by atoms with E-state index in [9.17, 15) is 5.11 Å². The van der Waals surface area contributed by atoms with Crippen LogP contribution in [0.2, 0.25) is 0 Å². The van der Waals surface area contributed by atoms with Gasteiger partial charge in [-0.3, -0.25) is 0 Å². The van der Waals surface area contributed by atoms with Crippen LogP contribution in [0.3, 0.4) is 0 Å². The van der Waals surface area contributed by atoms with Crippen LogP contribution in [0.25, 0.3) is 0 Å². The highest BCUT2D eigenvalue weighted by Crippen LogP contribution is 2.09. The number of rotatable bonds is 12. The summed E-state index contributed by atoms with van der Waals surface area (Å²) < 4.78 is 0. The average Bonchev–Trinajstić information content (AvgIpc) is 2.39. The summed E-state index contributed by atoms with van der Waals surface area (Å²) in [4.78, 5) is 0. The summed E-state index contributed by atoms with van der Waals surface area (Å²) in [6, 6.07) is -0.556. The number of hydrogen-bond acceptors (Lipinski definition) is 3. The summed E-state index contributed by atoms with van der Waals surface area (Å²) in [7, 11) is 0. The van der Waals surface area contributed by atoms with Crippen LogP contribution in [0.4, 0.5) is 0 Å². The normalized spacial score (nSPS) is 15.1. The highest BCUT2D eigenvalue weighted by Gasteiger charge is 2.08. The third-order valence-corrected chi connectivity index (χ3v) is 3.21. The van der Waals surface area contributed by atoms with Crippen molar-refractivity contribution in [2.45, 2.75) is 76.9 Å². The zero-order valence-electron chi connectivity index (χ0n) is 11.9. The van der Waals surface area contributed by atoms with Crippen LogP contribution in [0.5, 0.6) is 0 Å². The summed E-state index contributed by atoms with van der Waals surface area (Å²) in [5, 5.41) is 18.2. The minimum atomic E-state index is -0.718. The number of aliphatic hydroxyl groups is 2. The first-order valence-corrected chi connectivity index (χ1v) is 7.43. The van der Waals surface area contributed by atoms with E-state index in [2.05, 4.69) is 6.92 Å². The molecular weight excluding hydrogens is 226 g/mol. The highest BCUT2D eigenvalue weighted by atomic mass is 16.3. The number of hydrogen-bond donors (Lipinski definition) is 3. The van der Waals surface area contributed by atoms with Crippen molar-refractivity contribution >= 4 is 0 Å². The van der Waals surface area contributed by atoms with E-state index in [1.165, 1.54) is 51.4 Å². The Hall–Kier alpha value is -0.380. The Labute approximate surface area is 112 Å². The molecule has 0 aromatic rings. The molecule has 0 aliphatic heterocycles. The molecule has 18 heavy (non-hydrogen) atoms. The Balaban J connectivity index is 3.27. The standard InChI is InChI=1S/C15H31NO2/c1-2-3-4-5-6-7-8-9-10-11-12-15(18)14(16)13-17/h11-12,14-15,17-18H,2-10,13,16H2,1H3/t14-,15?/m0/s1. The predicted octanol–water partition coefficient (Wildman–Crippen LogP) is 2.75. The number of allylic oxidation sites excluding steroid dienone is 1. The van der Waals surface area contributed by atoms with Crippen LogP contribution in [0, 0.1) is 0 Å². The lowest BCUT2D eigenvalue weighted by molar-refractivity contribution is 0.144. The fraction of sp³-hybridized carbons (Fsp3) is 0.867. The van der Waals surface area contributed by atoms with Gasteiger partial charge in [-0.2, -0.15) is 0 Å². The van der Waals surface area contributed by atoms with Gasteiger partial charge in [0.05, 0.1) is 18.8 Å². The van der Waals surface area contributed by atoms with Crippen molar-refractivity contribution in [3.8, 4) is 0 Å². The van der Waals surface area contributed by atoms with Crippen molar-refractivity contribution in [2.24, 2.45) is 5.73 Å².